The third-order valence-electron chi connectivity index (χ3n) is 4.64. The molecule has 2 fully saturated rings. The molecule has 5 nitrogen and oxygen atoms in total. The molecule has 0 bridgehead atoms. The van der Waals surface area contributed by atoms with E-state index in [1.807, 2.05) is 0 Å². The molecule has 3 rings (SSSR count). The van der Waals surface area contributed by atoms with E-state index in [0.29, 0.717) is 11.8 Å². The summed E-state index contributed by atoms with van der Waals surface area (Å²) in [7, 11) is 1.48. The molecular weight excluding hydrogens is 268 g/mol. The molecule has 2 heterocycles. The number of rotatable bonds is 3. The molecule has 1 amide bonds. The lowest BCUT2D eigenvalue weighted by molar-refractivity contribution is 0.0912. The molecule has 0 saturated carbocycles. The molecule has 114 valence electrons. The predicted octanol–water partition coefficient (Wildman–Crippen LogP) is 1.76. The Morgan fingerprint density at radius 3 is 3.00 bits per heavy atom. The Morgan fingerprint density at radius 2 is 2.19 bits per heavy atom. The van der Waals surface area contributed by atoms with Gasteiger partial charge in [0.1, 0.15) is 0 Å². The summed E-state index contributed by atoms with van der Waals surface area (Å²) in [5.74, 6) is 0.0215. The molecule has 2 saturated heterocycles. The van der Waals surface area contributed by atoms with Crippen LogP contribution in [0.3, 0.4) is 0 Å². The number of para-hydroxylation sites is 1. The summed E-state index contributed by atoms with van der Waals surface area (Å²) in [5.41, 5.74) is 0.281. The number of fused-ring (bicyclic) bond motifs is 1. The van der Waals surface area contributed by atoms with E-state index in [1.54, 1.807) is 18.2 Å². The number of carbonyl (C=O) groups excluding carboxylic acids is 1. The zero-order chi connectivity index (χ0) is 14.8. The second-order valence-electron chi connectivity index (χ2n) is 5.82. The average Bonchev–Trinajstić information content (AvgIpc) is 2.91. The first-order chi connectivity index (χ1) is 10.2. The molecule has 5 heteroatoms. The third-order valence-corrected chi connectivity index (χ3v) is 4.64. The number of phenolic OH excluding ortho intramolecular Hbond substituents is 1. The van der Waals surface area contributed by atoms with Gasteiger partial charge in [-0.2, -0.15) is 0 Å². The van der Waals surface area contributed by atoms with E-state index in [-0.39, 0.29) is 23.3 Å². The molecule has 0 aromatic heterocycles. The van der Waals surface area contributed by atoms with Crippen LogP contribution in [0.25, 0.3) is 0 Å². The molecule has 1 aromatic rings. The molecule has 0 radical (unpaired) electrons. The maximum atomic E-state index is 12.4. The first-order valence-corrected chi connectivity index (χ1v) is 7.61. The van der Waals surface area contributed by atoms with Crippen LogP contribution < -0.4 is 10.1 Å². The van der Waals surface area contributed by atoms with Crippen molar-refractivity contribution in [1.29, 1.82) is 0 Å². The van der Waals surface area contributed by atoms with Gasteiger partial charge in [0, 0.05) is 18.6 Å². The first-order valence-electron chi connectivity index (χ1n) is 7.61. The number of aromatic hydroxyl groups is 1. The van der Waals surface area contributed by atoms with Gasteiger partial charge in [-0.15, -0.1) is 0 Å². The number of methoxy groups -OCH3 is 1. The molecule has 0 aliphatic carbocycles. The largest absolute Gasteiger partial charge is 0.504 e. The summed E-state index contributed by atoms with van der Waals surface area (Å²) in [6.07, 6.45) is 4.63. The first kappa shape index (κ1) is 14.2. The van der Waals surface area contributed by atoms with Crippen molar-refractivity contribution in [2.24, 2.45) is 0 Å². The van der Waals surface area contributed by atoms with E-state index in [1.165, 1.54) is 20.0 Å². The third kappa shape index (κ3) is 2.70. The molecule has 21 heavy (non-hydrogen) atoms. The van der Waals surface area contributed by atoms with Gasteiger partial charge in [0.15, 0.2) is 11.5 Å². The van der Waals surface area contributed by atoms with Crippen LogP contribution in [0, 0.1) is 0 Å². The minimum Gasteiger partial charge on any atom is -0.504 e. The Kier molecular flexibility index (Phi) is 4.01. The van der Waals surface area contributed by atoms with Crippen LogP contribution in [-0.4, -0.2) is 48.2 Å². The van der Waals surface area contributed by atoms with E-state index in [9.17, 15) is 9.90 Å². The fourth-order valence-electron chi connectivity index (χ4n) is 3.53. The summed E-state index contributed by atoms with van der Waals surface area (Å²) in [6, 6.07) is 5.62. The molecule has 2 atom stereocenters. The highest BCUT2D eigenvalue weighted by molar-refractivity contribution is 5.97. The molecule has 2 unspecified atom stereocenters. The maximum absolute atomic E-state index is 12.4. The number of phenols is 1. The fourth-order valence-corrected chi connectivity index (χ4v) is 3.53. The van der Waals surface area contributed by atoms with Crippen molar-refractivity contribution in [3.63, 3.8) is 0 Å². The lowest BCUT2D eigenvalue weighted by atomic mass is 9.98. The highest BCUT2D eigenvalue weighted by atomic mass is 16.5. The number of hydrogen-bond donors (Lipinski definition) is 2. The van der Waals surface area contributed by atoms with Crippen LogP contribution in [0.1, 0.15) is 36.0 Å². The Hall–Kier alpha value is -1.75. The number of ether oxygens (including phenoxy) is 1. The number of carbonyl (C=O) groups is 1. The number of benzene rings is 1. The standard InChI is InChI=1S/C16H22N2O3/c1-21-14-7-4-5-11(15(14)19)16(20)17-12-8-10-18-9-3-2-6-13(12)18/h4-5,7,12-13,19H,2-3,6,8-10H2,1H3,(H,17,20). The van der Waals surface area contributed by atoms with Crippen LogP contribution in [0.2, 0.25) is 0 Å². The highest BCUT2D eigenvalue weighted by Crippen LogP contribution is 2.31. The van der Waals surface area contributed by atoms with E-state index in [0.717, 1.165) is 25.9 Å². The van der Waals surface area contributed by atoms with Gasteiger partial charge in [0.05, 0.1) is 12.7 Å². The summed E-state index contributed by atoms with van der Waals surface area (Å²) in [6.45, 7) is 2.20. The lowest BCUT2D eigenvalue weighted by Crippen LogP contribution is -2.46. The van der Waals surface area contributed by atoms with Gasteiger partial charge in [0.25, 0.3) is 5.91 Å². The second-order valence-corrected chi connectivity index (χ2v) is 5.82. The minimum atomic E-state index is -0.219. The average molecular weight is 290 g/mol. The van der Waals surface area contributed by atoms with Crippen LogP contribution >= 0.6 is 0 Å². The number of nitrogens with one attached hydrogen (secondary N) is 1. The Bertz CT molecular complexity index is 532. The maximum Gasteiger partial charge on any atom is 0.255 e. The number of hydrogen-bond acceptors (Lipinski definition) is 4. The molecule has 2 aliphatic heterocycles. The SMILES string of the molecule is COc1cccc(C(=O)NC2CCN3CCCCC23)c1O. The topological polar surface area (TPSA) is 61.8 Å². The van der Waals surface area contributed by atoms with Crippen molar-refractivity contribution in [3.8, 4) is 11.5 Å². The summed E-state index contributed by atoms with van der Waals surface area (Å²) in [5, 5.41) is 13.2. The summed E-state index contributed by atoms with van der Waals surface area (Å²) >= 11 is 0. The van der Waals surface area contributed by atoms with Crippen molar-refractivity contribution in [1.82, 2.24) is 10.2 Å². The van der Waals surface area contributed by atoms with Gasteiger partial charge in [-0.25, -0.2) is 0 Å². The summed E-state index contributed by atoms with van der Waals surface area (Å²) < 4.78 is 5.05. The van der Waals surface area contributed by atoms with Crippen LogP contribution in [0.5, 0.6) is 11.5 Å². The Balaban J connectivity index is 1.72. The number of amides is 1. The van der Waals surface area contributed by atoms with E-state index < -0.39 is 0 Å². The zero-order valence-electron chi connectivity index (χ0n) is 12.3. The van der Waals surface area contributed by atoms with Crippen molar-refractivity contribution in [3.05, 3.63) is 23.8 Å². The number of piperidine rings is 1. The van der Waals surface area contributed by atoms with Crippen molar-refractivity contribution in [2.75, 3.05) is 20.2 Å². The Morgan fingerprint density at radius 1 is 1.33 bits per heavy atom. The van der Waals surface area contributed by atoms with Gasteiger partial charge >= 0.3 is 0 Å². The summed E-state index contributed by atoms with van der Waals surface area (Å²) in [4.78, 5) is 14.9. The van der Waals surface area contributed by atoms with Gasteiger partial charge in [0.2, 0.25) is 0 Å². The van der Waals surface area contributed by atoms with Crippen LogP contribution in [0.15, 0.2) is 18.2 Å². The van der Waals surface area contributed by atoms with Crippen molar-refractivity contribution < 1.29 is 14.6 Å². The highest BCUT2D eigenvalue weighted by Gasteiger charge is 2.36. The molecular formula is C16H22N2O3. The van der Waals surface area contributed by atoms with Gasteiger partial charge in [-0.05, 0) is 37.9 Å². The van der Waals surface area contributed by atoms with Gasteiger partial charge in [-0.3, -0.25) is 9.69 Å². The van der Waals surface area contributed by atoms with Crippen LogP contribution in [-0.2, 0) is 0 Å². The zero-order valence-corrected chi connectivity index (χ0v) is 12.3. The lowest BCUT2D eigenvalue weighted by Gasteiger charge is -2.32. The fraction of sp³-hybridized carbons (Fsp3) is 0.562. The predicted molar refractivity (Wildman–Crippen MR) is 79.7 cm³/mol. The Labute approximate surface area is 124 Å². The molecule has 2 N–H and O–H groups in total. The molecule has 0 spiro atoms. The molecule has 1 aromatic carbocycles. The minimum absolute atomic E-state index is 0.0870. The smallest absolute Gasteiger partial charge is 0.255 e. The van der Waals surface area contributed by atoms with E-state index >= 15 is 0 Å². The normalized spacial score (nSPS) is 25.4. The monoisotopic (exact) mass is 290 g/mol. The molecule has 2 aliphatic rings. The van der Waals surface area contributed by atoms with Crippen molar-refractivity contribution >= 4 is 5.91 Å². The van der Waals surface area contributed by atoms with Gasteiger partial charge < -0.3 is 15.2 Å². The van der Waals surface area contributed by atoms with E-state index in [4.69, 9.17) is 4.74 Å². The van der Waals surface area contributed by atoms with Crippen molar-refractivity contribution in [2.45, 2.75) is 37.8 Å². The van der Waals surface area contributed by atoms with Gasteiger partial charge in [-0.1, -0.05) is 12.5 Å². The quantitative estimate of drug-likeness (QED) is 0.890. The second kappa shape index (κ2) is 5.93. The van der Waals surface area contributed by atoms with Crippen LogP contribution in [0.4, 0.5) is 0 Å². The number of nitrogens with zero attached hydrogens (tertiary/aromatic N) is 1. The van der Waals surface area contributed by atoms with E-state index in [2.05, 4.69) is 10.2 Å².